The number of aldehydes is 1. The monoisotopic (exact) mass is 374 g/mol. The van der Waals surface area contributed by atoms with Crippen LogP contribution in [0.4, 0.5) is 26.3 Å². The molecule has 0 spiro atoms. The molecule has 0 saturated heterocycles. The van der Waals surface area contributed by atoms with Crippen molar-refractivity contribution in [3.63, 3.8) is 0 Å². The SMILES string of the molecule is O=Cc1ccc(C=Cc2ccc(C(O)(C(F)(F)F)C(F)(F)F)cc2)cc1. The molecule has 26 heavy (non-hydrogen) atoms. The highest BCUT2D eigenvalue weighted by molar-refractivity contribution is 5.76. The van der Waals surface area contributed by atoms with E-state index in [0.717, 1.165) is 12.1 Å². The Balaban J connectivity index is 2.29. The van der Waals surface area contributed by atoms with Gasteiger partial charge in [-0.05, 0) is 11.1 Å². The summed E-state index contributed by atoms with van der Waals surface area (Å²) in [5.41, 5.74) is -4.77. The summed E-state index contributed by atoms with van der Waals surface area (Å²) >= 11 is 0. The minimum atomic E-state index is -5.91. The third-order valence-corrected chi connectivity index (χ3v) is 3.69. The van der Waals surface area contributed by atoms with Crippen molar-refractivity contribution in [3.05, 3.63) is 70.8 Å². The maximum atomic E-state index is 12.8. The quantitative estimate of drug-likeness (QED) is 0.466. The molecule has 0 amide bonds. The zero-order valence-corrected chi connectivity index (χ0v) is 13.0. The zero-order chi connectivity index (χ0) is 19.6. The molecule has 0 aliphatic carbocycles. The van der Waals surface area contributed by atoms with Crippen molar-refractivity contribution < 1.29 is 36.2 Å². The summed E-state index contributed by atoms with van der Waals surface area (Å²) in [5.74, 6) is 0. The van der Waals surface area contributed by atoms with Gasteiger partial charge in [-0.2, -0.15) is 26.3 Å². The molecule has 0 saturated carbocycles. The van der Waals surface area contributed by atoms with Crippen molar-refractivity contribution >= 4 is 18.4 Å². The van der Waals surface area contributed by atoms with Gasteiger partial charge in [0.25, 0.3) is 5.60 Å². The van der Waals surface area contributed by atoms with Crippen LogP contribution in [0.2, 0.25) is 0 Å². The fraction of sp³-hybridized carbons (Fsp3) is 0.167. The second-order valence-corrected chi connectivity index (χ2v) is 5.45. The van der Waals surface area contributed by atoms with E-state index < -0.39 is 23.5 Å². The predicted octanol–water partition coefficient (Wildman–Crippen LogP) is 4.98. The lowest BCUT2D eigenvalue weighted by molar-refractivity contribution is -0.376. The molecule has 0 bridgehead atoms. The molecule has 0 fully saturated rings. The minimum absolute atomic E-state index is 0.333. The fourth-order valence-corrected chi connectivity index (χ4v) is 2.20. The van der Waals surface area contributed by atoms with Crippen molar-refractivity contribution in [1.82, 2.24) is 0 Å². The standard InChI is InChI=1S/C18H12F6O2/c19-17(20,21)16(26,18(22,23)24)15-9-7-13(8-10-15)2-1-12-3-5-14(11-25)6-4-12/h1-11,26H. The zero-order valence-electron chi connectivity index (χ0n) is 13.0. The molecule has 0 heterocycles. The number of alkyl halides is 6. The van der Waals surface area contributed by atoms with Gasteiger partial charge in [0.1, 0.15) is 6.29 Å². The second kappa shape index (κ2) is 6.95. The Kier molecular flexibility index (Phi) is 5.27. The average Bonchev–Trinajstić information content (AvgIpc) is 2.58. The summed E-state index contributed by atoms with van der Waals surface area (Å²) < 4.78 is 76.9. The fourth-order valence-electron chi connectivity index (χ4n) is 2.20. The number of hydrogen-bond acceptors (Lipinski definition) is 2. The molecular weight excluding hydrogens is 362 g/mol. The van der Waals surface area contributed by atoms with Gasteiger partial charge in [-0.25, -0.2) is 0 Å². The summed E-state index contributed by atoms with van der Waals surface area (Å²) in [7, 11) is 0. The molecule has 0 aliphatic heterocycles. The van der Waals surface area contributed by atoms with Crippen LogP contribution in [-0.4, -0.2) is 23.7 Å². The molecule has 2 rings (SSSR count). The molecule has 0 radical (unpaired) electrons. The van der Waals surface area contributed by atoms with Crippen LogP contribution in [0, 0.1) is 0 Å². The largest absolute Gasteiger partial charge is 0.430 e. The lowest BCUT2D eigenvalue weighted by Crippen LogP contribution is -2.53. The second-order valence-electron chi connectivity index (χ2n) is 5.45. The molecule has 0 aliphatic rings. The van der Waals surface area contributed by atoms with Gasteiger partial charge in [-0.1, -0.05) is 60.7 Å². The summed E-state index contributed by atoms with van der Waals surface area (Å²) in [6, 6.07) is 9.60. The van der Waals surface area contributed by atoms with Gasteiger partial charge in [0.05, 0.1) is 0 Å². The van der Waals surface area contributed by atoms with E-state index in [1.807, 2.05) is 0 Å². The summed E-state index contributed by atoms with van der Waals surface area (Å²) in [6.07, 6.45) is -8.12. The van der Waals surface area contributed by atoms with E-state index in [0.29, 0.717) is 35.1 Å². The van der Waals surface area contributed by atoms with Crippen LogP contribution in [-0.2, 0) is 5.60 Å². The summed E-state index contributed by atoms with van der Waals surface area (Å²) in [4.78, 5) is 10.6. The van der Waals surface area contributed by atoms with Gasteiger partial charge in [0.15, 0.2) is 0 Å². The number of halogens is 6. The third kappa shape index (κ3) is 3.80. The topological polar surface area (TPSA) is 37.3 Å². The average molecular weight is 374 g/mol. The first kappa shape index (κ1) is 19.7. The maximum absolute atomic E-state index is 12.8. The Morgan fingerprint density at radius 1 is 0.654 bits per heavy atom. The van der Waals surface area contributed by atoms with Crippen molar-refractivity contribution in [2.45, 2.75) is 18.0 Å². The van der Waals surface area contributed by atoms with Crippen LogP contribution < -0.4 is 0 Å². The highest BCUT2D eigenvalue weighted by Gasteiger charge is 2.71. The number of benzene rings is 2. The van der Waals surface area contributed by atoms with Gasteiger partial charge < -0.3 is 5.11 Å². The number of aliphatic hydroxyl groups is 1. The Morgan fingerprint density at radius 3 is 1.35 bits per heavy atom. The molecule has 1 N–H and O–H groups in total. The lowest BCUT2D eigenvalue weighted by Gasteiger charge is -2.32. The third-order valence-electron chi connectivity index (χ3n) is 3.69. The Morgan fingerprint density at radius 2 is 1.00 bits per heavy atom. The Hall–Kier alpha value is -2.61. The van der Waals surface area contributed by atoms with E-state index in [1.165, 1.54) is 6.08 Å². The van der Waals surface area contributed by atoms with Crippen LogP contribution in [0.25, 0.3) is 12.2 Å². The molecule has 2 nitrogen and oxygen atoms in total. The first-order valence-corrected chi connectivity index (χ1v) is 7.19. The van der Waals surface area contributed by atoms with Crippen LogP contribution in [0.1, 0.15) is 27.0 Å². The molecule has 0 atom stereocenters. The maximum Gasteiger partial charge on any atom is 0.430 e. The molecular formula is C18H12F6O2. The van der Waals surface area contributed by atoms with Gasteiger partial charge >= 0.3 is 12.4 Å². The van der Waals surface area contributed by atoms with Gasteiger partial charge in [-0.3, -0.25) is 4.79 Å². The molecule has 2 aromatic carbocycles. The lowest BCUT2D eigenvalue weighted by atomic mass is 9.91. The van der Waals surface area contributed by atoms with Crippen molar-refractivity contribution in [2.24, 2.45) is 0 Å². The minimum Gasteiger partial charge on any atom is -0.369 e. The van der Waals surface area contributed by atoms with E-state index in [4.69, 9.17) is 0 Å². The number of hydrogen-bond donors (Lipinski definition) is 1. The molecule has 0 aromatic heterocycles. The van der Waals surface area contributed by atoms with E-state index in [2.05, 4.69) is 0 Å². The van der Waals surface area contributed by atoms with Crippen molar-refractivity contribution in [2.75, 3.05) is 0 Å². The first-order valence-electron chi connectivity index (χ1n) is 7.19. The smallest absolute Gasteiger partial charge is 0.369 e. The van der Waals surface area contributed by atoms with Crippen LogP contribution in [0.5, 0.6) is 0 Å². The summed E-state index contributed by atoms with van der Waals surface area (Å²) in [6.45, 7) is 0. The van der Waals surface area contributed by atoms with E-state index >= 15 is 0 Å². The van der Waals surface area contributed by atoms with Gasteiger partial charge in [0, 0.05) is 11.1 Å². The predicted molar refractivity (Wildman–Crippen MR) is 83.2 cm³/mol. The molecule has 138 valence electrons. The first-order chi connectivity index (χ1) is 12.0. The van der Waals surface area contributed by atoms with E-state index in [1.54, 1.807) is 30.3 Å². The normalized spacial score (nSPS) is 13.2. The summed E-state index contributed by atoms with van der Waals surface area (Å²) in [5, 5.41) is 9.31. The van der Waals surface area contributed by atoms with Crippen LogP contribution >= 0.6 is 0 Å². The van der Waals surface area contributed by atoms with Crippen molar-refractivity contribution in [3.8, 4) is 0 Å². The highest BCUT2D eigenvalue weighted by Crippen LogP contribution is 2.49. The number of carbonyl (C=O) groups is 1. The van der Waals surface area contributed by atoms with Crippen LogP contribution in [0.15, 0.2) is 48.5 Å². The molecule has 8 heteroatoms. The molecule has 2 aromatic rings. The Labute approximate surface area is 144 Å². The van der Waals surface area contributed by atoms with Gasteiger partial charge in [0.2, 0.25) is 0 Å². The van der Waals surface area contributed by atoms with Crippen LogP contribution in [0.3, 0.4) is 0 Å². The van der Waals surface area contributed by atoms with E-state index in [-0.39, 0.29) is 0 Å². The Bertz CT molecular complexity index is 772. The number of rotatable bonds is 4. The van der Waals surface area contributed by atoms with E-state index in [9.17, 15) is 36.2 Å². The van der Waals surface area contributed by atoms with Crippen molar-refractivity contribution in [1.29, 1.82) is 0 Å². The number of carbonyl (C=O) groups excluding carboxylic acids is 1. The van der Waals surface area contributed by atoms with Gasteiger partial charge in [-0.15, -0.1) is 0 Å². The highest BCUT2D eigenvalue weighted by atomic mass is 19.4. The molecule has 0 unspecified atom stereocenters.